The molecule has 0 spiro atoms. The average molecular weight is 256 g/mol. The molecule has 0 radical (unpaired) electrons. The molecule has 2 amide bonds. The van der Waals surface area contributed by atoms with Crippen LogP contribution in [-0.4, -0.2) is 30.2 Å². The first-order valence-corrected chi connectivity index (χ1v) is 6.65. The molecule has 0 bridgehead atoms. The summed E-state index contributed by atoms with van der Waals surface area (Å²) in [5.41, 5.74) is 0.149. The predicted octanol–water partition coefficient (Wildman–Crippen LogP) is 1.98. The number of carbonyl (C=O) groups excluding carboxylic acids is 1. The standard InChI is InChI=1S/C13H24N2O3/c1-13(2,10-5-3-6-10)9-15-12(18)14-8-4-7-11(16)17/h10H,3-9H2,1-2H3,(H,16,17)(H2,14,15,18). The second kappa shape index (κ2) is 6.61. The van der Waals surface area contributed by atoms with Gasteiger partial charge in [0.15, 0.2) is 0 Å². The summed E-state index contributed by atoms with van der Waals surface area (Å²) in [6.45, 7) is 5.44. The summed E-state index contributed by atoms with van der Waals surface area (Å²) in [7, 11) is 0. The van der Waals surface area contributed by atoms with Crippen molar-refractivity contribution in [1.82, 2.24) is 10.6 Å². The average Bonchev–Trinajstić information content (AvgIpc) is 2.18. The SMILES string of the molecule is CC(C)(CNC(=O)NCCCC(=O)O)C1CCC1. The number of carboxylic acid groups (broad SMARTS) is 1. The zero-order valence-corrected chi connectivity index (χ0v) is 11.3. The third kappa shape index (κ3) is 4.94. The van der Waals surface area contributed by atoms with Crippen molar-refractivity contribution in [3.63, 3.8) is 0 Å². The maximum absolute atomic E-state index is 11.5. The molecular formula is C13H24N2O3. The summed E-state index contributed by atoms with van der Waals surface area (Å²) in [5, 5.41) is 14.0. The van der Waals surface area contributed by atoms with Crippen LogP contribution >= 0.6 is 0 Å². The Balaban J connectivity index is 2.10. The van der Waals surface area contributed by atoms with Crippen molar-refractivity contribution in [3.05, 3.63) is 0 Å². The van der Waals surface area contributed by atoms with Crippen LogP contribution in [0.1, 0.15) is 46.0 Å². The number of rotatable bonds is 7. The van der Waals surface area contributed by atoms with Gasteiger partial charge in [0.1, 0.15) is 0 Å². The van der Waals surface area contributed by atoms with Crippen LogP contribution in [0.3, 0.4) is 0 Å². The fraction of sp³-hybridized carbons (Fsp3) is 0.846. The van der Waals surface area contributed by atoms with Crippen LogP contribution in [0.5, 0.6) is 0 Å². The Morgan fingerprint density at radius 2 is 1.94 bits per heavy atom. The molecule has 1 saturated carbocycles. The van der Waals surface area contributed by atoms with Gasteiger partial charge < -0.3 is 15.7 Å². The van der Waals surface area contributed by atoms with E-state index in [-0.39, 0.29) is 17.9 Å². The highest BCUT2D eigenvalue weighted by Crippen LogP contribution is 2.41. The number of carboxylic acids is 1. The molecule has 18 heavy (non-hydrogen) atoms. The molecule has 0 unspecified atom stereocenters. The van der Waals surface area contributed by atoms with Crippen molar-refractivity contribution in [3.8, 4) is 0 Å². The molecule has 0 aromatic heterocycles. The minimum atomic E-state index is -0.830. The van der Waals surface area contributed by atoms with Gasteiger partial charge in [0, 0.05) is 19.5 Å². The van der Waals surface area contributed by atoms with Crippen molar-refractivity contribution in [2.45, 2.75) is 46.0 Å². The molecule has 0 saturated heterocycles. The van der Waals surface area contributed by atoms with Crippen LogP contribution < -0.4 is 10.6 Å². The van der Waals surface area contributed by atoms with Gasteiger partial charge in [-0.15, -0.1) is 0 Å². The zero-order chi connectivity index (χ0) is 13.6. The lowest BCUT2D eigenvalue weighted by Gasteiger charge is -2.40. The van der Waals surface area contributed by atoms with Crippen molar-refractivity contribution in [2.24, 2.45) is 11.3 Å². The zero-order valence-electron chi connectivity index (χ0n) is 11.3. The molecule has 0 aromatic rings. The maximum Gasteiger partial charge on any atom is 0.314 e. The second-order valence-electron chi connectivity index (χ2n) is 5.72. The first-order valence-electron chi connectivity index (χ1n) is 6.65. The van der Waals surface area contributed by atoms with E-state index in [1.807, 2.05) is 0 Å². The molecule has 0 aliphatic heterocycles. The lowest BCUT2D eigenvalue weighted by atomic mass is 9.67. The highest BCUT2D eigenvalue weighted by molar-refractivity contribution is 5.74. The smallest absolute Gasteiger partial charge is 0.314 e. The lowest BCUT2D eigenvalue weighted by Crippen LogP contribution is -2.44. The molecular weight excluding hydrogens is 232 g/mol. The molecule has 5 nitrogen and oxygen atoms in total. The fourth-order valence-corrected chi connectivity index (χ4v) is 2.15. The molecule has 5 heteroatoms. The Labute approximate surface area is 108 Å². The van der Waals surface area contributed by atoms with Crippen LogP contribution in [-0.2, 0) is 4.79 Å². The molecule has 0 aromatic carbocycles. The van der Waals surface area contributed by atoms with Crippen molar-refractivity contribution >= 4 is 12.0 Å². The first kappa shape index (κ1) is 14.8. The van der Waals surface area contributed by atoms with Crippen LogP contribution in [0.2, 0.25) is 0 Å². The normalized spacial score (nSPS) is 15.9. The third-order valence-electron chi connectivity index (χ3n) is 3.77. The van der Waals surface area contributed by atoms with Gasteiger partial charge in [-0.3, -0.25) is 4.79 Å². The molecule has 1 fully saturated rings. The van der Waals surface area contributed by atoms with Gasteiger partial charge in [-0.1, -0.05) is 20.3 Å². The monoisotopic (exact) mass is 256 g/mol. The van der Waals surface area contributed by atoms with Crippen LogP contribution in [0.25, 0.3) is 0 Å². The predicted molar refractivity (Wildman–Crippen MR) is 69.4 cm³/mol. The highest BCUT2D eigenvalue weighted by Gasteiger charge is 2.33. The maximum atomic E-state index is 11.5. The minimum absolute atomic E-state index is 0.0911. The van der Waals surface area contributed by atoms with E-state index in [9.17, 15) is 9.59 Å². The molecule has 104 valence electrons. The third-order valence-corrected chi connectivity index (χ3v) is 3.77. The van der Waals surface area contributed by atoms with Gasteiger partial charge in [0.05, 0.1) is 0 Å². The molecule has 1 rings (SSSR count). The molecule has 3 N–H and O–H groups in total. The summed E-state index contributed by atoms with van der Waals surface area (Å²) in [6, 6.07) is -0.201. The number of urea groups is 1. The van der Waals surface area contributed by atoms with Gasteiger partial charge in [0.25, 0.3) is 0 Å². The molecule has 0 heterocycles. The van der Waals surface area contributed by atoms with Gasteiger partial charge in [-0.25, -0.2) is 4.79 Å². The van der Waals surface area contributed by atoms with Crippen LogP contribution in [0.15, 0.2) is 0 Å². The second-order valence-corrected chi connectivity index (χ2v) is 5.72. The summed E-state index contributed by atoms with van der Waals surface area (Å²) in [5.74, 6) is -0.117. The van der Waals surface area contributed by atoms with E-state index in [1.165, 1.54) is 19.3 Å². The van der Waals surface area contributed by atoms with E-state index in [1.54, 1.807) is 0 Å². The van der Waals surface area contributed by atoms with Crippen LogP contribution in [0, 0.1) is 11.3 Å². The van der Waals surface area contributed by atoms with Crippen LogP contribution in [0.4, 0.5) is 4.79 Å². The van der Waals surface area contributed by atoms with Crippen molar-refractivity contribution in [2.75, 3.05) is 13.1 Å². The number of hydrogen-bond acceptors (Lipinski definition) is 2. The Kier molecular flexibility index (Phi) is 5.44. The summed E-state index contributed by atoms with van der Waals surface area (Å²) < 4.78 is 0. The minimum Gasteiger partial charge on any atom is -0.481 e. The van der Waals surface area contributed by atoms with Gasteiger partial charge in [-0.05, 0) is 30.6 Å². The topological polar surface area (TPSA) is 78.4 Å². The van der Waals surface area contributed by atoms with Crippen molar-refractivity contribution < 1.29 is 14.7 Å². The summed E-state index contributed by atoms with van der Waals surface area (Å²) in [4.78, 5) is 21.8. The van der Waals surface area contributed by atoms with Gasteiger partial charge in [0.2, 0.25) is 0 Å². The van der Waals surface area contributed by atoms with E-state index < -0.39 is 5.97 Å². The Hall–Kier alpha value is -1.26. The number of nitrogens with one attached hydrogen (secondary N) is 2. The fourth-order valence-electron chi connectivity index (χ4n) is 2.15. The van der Waals surface area contributed by atoms with E-state index >= 15 is 0 Å². The Morgan fingerprint density at radius 3 is 2.44 bits per heavy atom. The van der Waals surface area contributed by atoms with Gasteiger partial charge in [-0.2, -0.15) is 0 Å². The molecule has 1 aliphatic carbocycles. The highest BCUT2D eigenvalue weighted by atomic mass is 16.4. The first-order chi connectivity index (χ1) is 8.42. The Bertz CT molecular complexity index is 299. The largest absolute Gasteiger partial charge is 0.481 e. The summed E-state index contributed by atoms with van der Waals surface area (Å²) >= 11 is 0. The quantitative estimate of drug-likeness (QED) is 0.609. The number of aliphatic carboxylic acids is 1. The number of carbonyl (C=O) groups is 2. The summed E-state index contributed by atoms with van der Waals surface area (Å²) in [6.07, 6.45) is 4.38. The number of hydrogen-bond donors (Lipinski definition) is 3. The van der Waals surface area contributed by atoms with E-state index in [4.69, 9.17) is 5.11 Å². The van der Waals surface area contributed by atoms with E-state index in [2.05, 4.69) is 24.5 Å². The molecule has 0 atom stereocenters. The lowest BCUT2D eigenvalue weighted by molar-refractivity contribution is -0.137. The van der Waals surface area contributed by atoms with E-state index in [0.717, 1.165) is 0 Å². The van der Waals surface area contributed by atoms with Gasteiger partial charge >= 0.3 is 12.0 Å². The van der Waals surface area contributed by atoms with E-state index in [0.29, 0.717) is 25.4 Å². The van der Waals surface area contributed by atoms with Crippen molar-refractivity contribution in [1.29, 1.82) is 0 Å². The molecule has 1 aliphatic rings. The Morgan fingerprint density at radius 1 is 1.28 bits per heavy atom. The number of amides is 2.